The van der Waals surface area contributed by atoms with Crippen molar-refractivity contribution < 1.29 is 0 Å². The van der Waals surface area contributed by atoms with Gasteiger partial charge < -0.3 is 4.98 Å². The van der Waals surface area contributed by atoms with Crippen LogP contribution in [-0.2, 0) is 0 Å². The summed E-state index contributed by atoms with van der Waals surface area (Å²) in [7, 11) is 0. The van der Waals surface area contributed by atoms with Crippen molar-refractivity contribution in [2.24, 2.45) is 0 Å². The lowest BCUT2D eigenvalue weighted by Crippen LogP contribution is -2.07. The van der Waals surface area contributed by atoms with Crippen LogP contribution < -0.4 is 5.56 Å². The molecule has 2 heterocycles. The second-order valence-corrected chi connectivity index (χ2v) is 5.01. The zero-order valence-electron chi connectivity index (χ0n) is 7.78. The van der Waals surface area contributed by atoms with E-state index in [1.54, 1.807) is 18.3 Å². The van der Waals surface area contributed by atoms with Crippen molar-refractivity contribution in [2.75, 3.05) is 0 Å². The van der Waals surface area contributed by atoms with Crippen LogP contribution in [0.5, 0.6) is 0 Å². The maximum atomic E-state index is 11.3. The van der Waals surface area contributed by atoms with Gasteiger partial charge in [-0.15, -0.1) is 0 Å². The van der Waals surface area contributed by atoms with Crippen LogP contribution in [0.15, 0.2) is 44.0 Å². The standard InChI is InChI=1S/C9H5BrClN3OS/c10-7-8(15)13-4-14-9(7)16-6-2-1-5(11)3-12-6/h1-4H,(H,13,14,15). The number of nitrogens with one attached hydrogen (secondary N) is 1. The summed E-state index contributed by atoms with van der Waals surface area (Å²) in [6.07, 6.45) is 2.90. The summed E-state index contributed by atoms with van der Waals surface area (Å²) in [6, 6.07) is 3.50. The number of pyridine rings is 1. The topological polar surface area (TPSA) is 58.6 Å². The number of aromatic amines is 1. The Morgan fingerprint density at radius 1 is 1.38 bits per heavy atom. The Morgan fingerprint density at radius 3 is 2.88 bits per heavy atom. The van der Waals surface area contributed by atoms with Gasteiger partial charge >= 0.3 is 0 Å². The molecular formula is C9H5BrClN3OS. The Kier molecular flexibility index (Phi) is 3.63. The maximum Gasteiger partial charge on any atom is 0.266 e. The number of aromatic nitrogens is 3. The van der Waals surface area contributed by atoms with Crippen molar-refractivity contribution >= 4 is 39.3 Å². The molecule has 0 saturated carbocycles. The summed E-state index contributed by atoms with van der Waals surface area (Å²) in [5.41, 5.74) is -0.216. The third-order valence-electron chi connectivity index (χ3n) is 1.67. The van der Waals surface area contributed by atoms with Gasteiger partial charge in [0.05, 0.1) is 11.3 Å². The highest BCUT2D eigenvalue weighted by atomic mass is 79.9. The molecule has 82 valence electrons. The van der Waals surface area contributed by atoms with Crippen molar-refractivity contribution in [1.82, 2.24) is 15.0 Å². The molecule has 0 aliphatic carbocycles. The fraction of sp³-hybridized carbons (Fsp3) is 0. The van der Waals surface area contributed by atoms with Crippen molar-refractivity contribution in [3.63, 3.8) is 0 Å². The van der Waals surface area contributed by atoms with Crippen LogP contribution in [0.2, 0.25) is 5.02 Å². The lowest BCUT2D eigenvalue weighted by molar-refractivity contribution is 0.985. The predicted molar refractivity (Wildman–Crippen MR) is 65.9 cm³/mol. The Hall–Kier alpha value is -0.850. The number of rotatable bonds is 2. The average molecular weight is 319 g/mol. The van der Waals surface area contributed by atoms with Crippen molar-refractivity contribution in [2.45, 2.75) is 10.1 Å². The molecule has 0 fully saturated rings. The van der Waals surface area contributed by atoms with Crippen molar-refractivity contribution in [3.8, 4) is 0 Å². The van der Waals surface area contributed by atoms with E-state index in [-0.39, 0.29) is 5.56 Å². The molecule has 0 aliphatic rings. The summed E-state index contributed by atoms with van der Waals surface area (Å²) in [4.78, 5) is 21.9. The molecule has 2 aromatic heterocycles. The zero-order valence-corrected chi connectivity index (χ0v) is 10.9. The molecule has 0 atom stereocenters. The first-order chi connectivity index (χ1) is 7.66. The zero-order chi connectivity index (χ0) is 11.5. The highest BCUT2D eigenvalue weighted by Crippen LogP contribution is 2.28. The molecule has 2 rings (SSSR count). The Labute approximate surface area is 109 Å². The minimum atomic E-state index is -0.216. The molecule has 0 saturated heterocycles. The molecule has 0 aromatic carbocycles. The number of halogens is 2. The quantitative estimate of drug-likeness (QED) is 0.865. The molecule has 0 amide bonds. The Morgan fingerprint density at radius 2 is 2.19 bits per heavy atom. The second kappa shape index (κ2) is 4.99. The Balaban J connectivity index is 2.30. The molecule has 0 bridgehead atoms. The molecule has 2 aromatic rings. The average Bonchev–Trinajstić information content (AvgIpc) is 2.28. The maximum absolute atomic E-state index is 11.3. The van der Waals surface area contributed by atoms with E-state index in [0.29, 0.717) is 14.5 Å². The largest absolute Gasteiger partial charge is 0.312 e. The van der Waals surface area contributed by atoms with Crippen LogP contribution in [0.3, 0.4) is 0 Å². The van der Waals surface area contributed by atoms with Gasteiger partial charge in [-0.25, -0.2) is 9.97 Å². The van der Waals surface area contributed by atoms with Crippen molar-refractivity contribution in [3.05, 3.63) is 44.5 Å². The summed E-state index contributed by atoms with van der Waals surface area (Å²) in [5.74, 6) is 0. The van der Waals surface area contributed by atoms with Crippen molar-refractivity contribution in [1.29, 1.82) is 0 Å². The normalized spacial score (nSPS) is 10.4. The monoisotopic (exact) mass is 317 g/mol. The first-order valence-corrected chi connectivity index (χ1v) is 6.18. The minimum Gasteiger partial charge on any atom is -0.312 e. The SMILES string of the molecule is O=c1[nH]cnc(Sc2ccc(Cl)cn2)c1Br. The van der Waals surface area contributed by atoms with Gasteiger partial charge in [-0.2, -0.15) is 0 Å². The van der Waals surface area contributed by atoms with Crippen LogP contribution in [0, 0.1) is 0 Å². The van der Waals surface area contributed by atoms with E-state index in [0.717, 1.165) is 5.03 Å². The van der Waals surface area contributed by atoms with Gasteiger partial charge in [-0.05, 0) is 39.8 Å². The third kappa shape index (κ3) is 2.63. The fourth-order valence-electron chi connectivity index (χ4n) is 0.960. The first-order valence-electron chi connectivity index (χ1n) is 4.19. The second-order valence-electron chi connectivity index (χ2n) is 2.77. The predicted octanol–water partition coefficient (Wildman–Crippen LogP) is 2.73. The molecule has 7 heteroatoms. The molecule has 0 radical (unpaired) electrons. The summed E-state index contributed by atoms with van der Waals surface area (Å²) < 4.78 is 0.400. The number of H-pyrrole nitrogens is 1. The summed E-state index contributed by atoms with van der Waals surface area (Å²) in [6.45, 7) is 0. The van der Waals surface area contributed by atoms with E-state index in [2.05, 4.69) is 30.9 Å². The van der Waals surface area contributed by atoms with Gasteiger partial charge in [0.1, 0.15) is 14.5 Å². The van der Waals surface area contributed by atoms with Gasteiger partial charge in [-0.1, -0.05) is 11.6 Å². The lowest BCUT2D eigenvalue weighted by Gasteiger charge is -2.01. The molecule has 16 heavy (non-hydrogen) atoms. The smallest absolute Gasteiger partial charge is 0.266 e. The Bertz CT molecular complexity index is 557. The van der Waals surface area contributed by atoms with Gasteiger partial charge in [0.15, 0.2) is 0 Å². The highest BCUT2D eigenvalue weighted by Gasteiger charge is 2.07. The van der Waals surface area contributed by atoms with E-state index >= 15 is 0 Å². The van der Waals surface area contributed by atoms with E-state index in [1.807, 2.05) is 0 Å². The summed E-state index contributed by atoms with van der Waals surface area (Å²) >= 11 is 10.2. The molecule has 1 N–H and O–H groups in total. The van der Waals surface area contributed by atoms with Crippen LogP contribution in [0.4, 0.5) is 0 Å². The van der Waals surface area contributed by atoms with Gasteiger partial charge in [0.25, 0.3) is 5.56 Å². The van der Waals surface area contributed by atoms with E-state index in [4.69, 9.17) is 11.6 Å². The van der Waals surface area contributed by atoms with Gasteiger partial charge in [-0.3, -0.25) is 4.79 Å². The molecule has 0 aliphatic heterocycles. The van der Waals surface area contributed by atoms with Gasteiger partial charge in [0, 0.05) is 6.20 Å². The number of hydrogen-bond acceptors (Lipinski definition) is 4. The number of nitrogens with zero attached hydrogens (tertiary/aromatic N) is 2. The third-order valence-corrected chi connectivity index (χ3v) is 3.84. The molecule has 4 nitrogen and oxygen atoms in total. The van der Waals surface area contributed by atoms with E-state index in [1.165, 1.54) is 18.1 Å². The number of hydrogen-bond donors (Lipinski definition) is 1. The molecule has 0 spiro atoms. The van der Waals surface area contributed by atoms with Gasteiger partial charge in [0.2, 0.25) is 0 Å². The highest BCUT2D eigenvalue weighted by molar-refractivity contribution is 9.10. The van der Waals surface area contributed by atoms with E-state index < -0.39 is 0 Å². The van der Waals surface area contributed by atoms with Crippen LogP contribution in [0.25, 0.3) is 0 Å². The molecule has 0 unspecified atom stereocenters. The van der Waals surface area contributed by atoms with Crippen LogP contribution in [-0.4, -0.2) is 15.0 Å². The summed E-state index contributed by atoms with van der Waals surface area (Å²) in [5, 5.41) is 1.86. The van der Waals surface area contributed by atoms with Crippen LogP contribution in [0.1, 0.15) is 0 Å². The lowest BCUT2D eigenvalue weighted by atomic mass is 10.5. The van der Waals surface area contributed by atoms with Crippen LogP contribution >= 0.6 is 39.3 Å². The van der Waals surface area contributed by atoms with E-state index in [9.17, 15) is 4.79 Å². The minimum absolute atomic E-state index is 0.216. The molecular weight excluding hydrogens is 314 g/mol. The fourth-order valence-corrected chi connectivity index (χ4v) is 2.26. The first kappa shape index (κ1) is 11.6.